The monoisotopic (exact) mass is 396 g/mol. The van der Waals surface area contributed by atoms with E-state index in [2.05, 4.69) is 20.6 Å². The van der Waals surface area contributed by atoms with Gasteiger partial charge in [-0.15, -0.1) is 0 Å². The molecule has 0 saturated carbocycles. The van der Waals surface area contributed by atoms with Gasteiger partial charge < -0.3 is 15.4 Å². The number of hydrogen-bond acceptors (Lipinski definition) is 5. The number of benzene rings is 2. The summed E-state index contributed by atoms with van der Waals surface area (Å²) in [6, 6.07) is 15.8. The number of carbonyl (C=O) groups is 1. The van der Waals surface area contributed by atoms with Crippen LogP contribution in [0.25, 0.3) is 10.9 Å². The normalized spacial score (nSPS) is 18.9. The summed E-state index contributed by atoms with van der Waals surface area (Å²) >= 11 is 6.17. The smallest absolute Gasteiger partial charge is 0.225 e. The van der Waals surface area contributed by atoms with E-state index in [-0.39, 0.29) is 23.2 Å². The van der Waals surface area contributed by atoms with Gasteiger partial charge in [-0.25, -0.2) is 9.97 Å². The van der Waals surface area contributed by atoms with Crippen molar-refractivity contribution in [3.63, 3.8) is 0 Å². The van der Waals surface area contributed by atoms with Gasteiger partial charge in [0.05, 0.1) is 6.04 Å². The molecule has 2 aromatic carbocycles. The SMILES string of the molecule is C[C@H]1C[C@H](COc2cccc3c(NCc4ccccc4)nc(Cl)nc23)NC1=O. The number of hydrogen-bond donors (Lipinski definition) is 2. The molecular formula is C21H21ClN4O2. The molecule has 1 fully saturated rings. The standard InChI is InChI=1S/C21H21ClN4O2/c1-13-10-15(24-20(13)27)12-28-17-9-5-8-16-18(17)25-21(22)26-19(16)23-11-14-6-3-2-4-7-14/h2-9,13,15H,10-12H2,1H3,(H,24,27)(H,23,25,26)/t13-,15+/m0/s1. The molecule has 28 heavy (non-hydrogen) atoms. The number of halogens is 1. The molecule has 0 bridgehead atoms. The molecule has 1 aliphatic heterocycles. The van der Waals surface area contributed by atoms with E-state index in [9.17, 15) is 4.79 Å². The van der Waals surface area contributed by atoms with Crippen LogP contribution in [0, 0.1) is 5.92 Å². The van der Waals surface area contributed by atoms with Crippen LogP contribution in [0.3, 0.4) is 0 Å². The fourth-order valence-electron chi connectivity index (χ4n) is 3.37. The maximum absolute atomic E-state index is 11.7. The van der Waals surface area contributed by atoms with Gasteiger partial charge in [0.15, 0.2) is 0 Å². The van der Waals surface area contributed by atoms with Gasteiger partial charge in [0.25, 0.3) is 0 Å². The number of carbonyl (C=O) groups excluding carboxylic acids is 1. The van der Waals surface area contributed by atoms with Crippen molar-refractivity contribution in [1.82, 2.24) is 15.3 Å². The second-order valence-corrected chi connectivity index (χ2v) is 7.32. The average Bonchev–Trinajstić information content (AvgIpc) is 3.03. The van der Waals surface area contributed by atoms with Crippen molar-refractivity contribution in [3.8, 4) is 5.75 Å². The Kier molecular flexibility index (Phi) is 5.30. The Morgan fingerprint density at radius 2 is 2.00 bits per heavy atom. The van der Waals surface area contributed by atoms with Crippen LogP contribution in [0.2, 0.25) is 5.28 Å². The molecular weight excluding hydrogens is 376 g/mol. The Morgan fingerprint density at radius 3 is 2.75 bits per heavy atom. The first-order valence-electron chi connectivity index (χ1n) is 9.27. The van der Waals surface area contributed by atoms with E-state index in [1.54, 1.807) is 0 Å². The molecule has 3 aromatic rings. The third kappa shape index (κ3) is 4.02. The van der Waals surface area contributed by atoms with Crippen molar-refractivity contribution < 1.29 is 9.53 Å². The Hall–Kier alpha value is -2.86. The molecule has 0 unspecified atom stereocenters. The first kappa shape index (κ1) is 18.5. The zero-order chi connectivity index (χ0) is 19.5. The molecule has 2 N–H and O–H groups in total. The molecule has 2 atom stereocenters. The minimum atomic E-state index is 0.00532. The van der Waals surface area contributed by atoms with Gasteiger partial charge in [-0.3, -0.25) is 4.79 Å². The number of nitrogens with one attached hydrogen (secondary N) is 2. The van der Waals surface area contributed by atoms with Crippen molar-refractivity contribution >= 4 is 34.2 Å². The highest BCUT2D eigenvalue weighted by Crippen LogP contribution is 2.30. The van der Waals surface area contributed by atoms with Crippen LogP contribution in [-0.2, 0) is 11.3 Å². The molecule has 0 spiro atoms. The topological polar surface area (TPSA) is 76.1 Å². The van der Waals surface area contributed by atoms with Gasteiger partial charge in [0, 0.05) is 17.8 Å². The van der Waals surface area contributed by atoms with E-state index in [4.69, 9.17) is 16.3 Å². The van der Waals surface area contributed by atoms with E-state index in [0.717, 1.165) is 17.4 Å². The van der Waals surface area contributed by atoms with E-state index < -0.39 is 0 Å². The maximum atomic E-state index is 11.7. The predicted molar refractivity (Wildman–Crippen MR) is 110 cm³/mol. The number of para-hydroxylation sites is 1. The molecule has 1 saturated heterocycles. The fraction of sp³-hybridized carbons (Fsp3) is 0.286. The van der Waals surface area contributed by atoms with Gasteiger partial charge in [-0.05, 0) is 35.7 Å². The number of rotatable bonds is 6. The van der Waals surface area contributed by atoms with Gasteiger partial charge in [0.2, 0.25) is 11.2 Å². The number of aromatic nitrogens is 2. The number of nitrogens with zero attached hydrogens (tertiary/aromatic N) is 2. The second kappa shape index (κ2) is 8.02. The van der Waals surface area contributed by atoms with Crippen LogP contribution in [0.1, 0.15) is 18.9 Å². The van der Waals surface area contributed by atoms with Crippen LogP contribution < -0.4 is 15.4 Å². The lowest BCUT2D eigenvalue weighted by molar-refractivity contribution is -0.122. The first-order valence-corrected chi connectivity index (χ1v) is 9.65. The molecule has 7 heteroatoms. The molecule has 1 aliphatic rings. The van der Waals surface area contributed by atoms with Crippen LogP contribution in [-0.4, -0.2) is 28.5 Å². The number of ether oxygens (including phenoxy) is 1. The molecule has 1 aromatic heterocycles. The lowest BCUT2D eigenvalue weighted by atomic mass is 10.1. The summed E-state index contributed by atoms with van der Waals surface area (Å²) in [7, 11) is 0. The first-order chi connectivity index (χ1) is 13.6. The van der Waals surface area contributed by atoms with Gasteiger partial charge in [-0.2, -0.15) is 0 Å². The highest BCUT2D eigenvalue weighted by molar-refractivity contribution is 6.29. The second-order valence-electron chi connectivity index (χ2n) is 6.99. The van der Waals surface area contributed by atoms with Gasteiger partial charge in [-0.1, -0.05) is 43.3 Å². The van der Waals surface area contributed by atoms with E-state index >= 15 is 0 Å². The van der Waals surface area contributed by atoms with Crippen LogP contribution in [0.4, 0.5) is 5.82 Å². The summed E-state index contributed by atoms with van der Waals surface area (Å²) in [5.74, 6) is 1.38. The van der Waals surface area contributed by atoms with Gasteiger partial charge in [0.1, 0.15) is 23.7 Å². The predicted octanol–water partition coefficient (Wildman–Crippen LogP) is 3.80. The number of amides is 1. The lowest BCUT2D eigenvalue weighted by Gasteiger charge is -2.15. The highest BCUT2D eigenvalue weighted by atomic mass is 35.5. The third-order valence-corrected chi connectivity index (χ3v) is 5.01. The van der Waals surface area contributed by atoms with Crippen molar-refractivity contribution in [3.05, 3.63) is 59.4 Å². The molecule has 0 aliphatic carbocycles. The molecule has 0 radical (unpaired) electrons. The van der Waals surface area contributed by atoms with E-state index in [1.165, 1.54) is 0 Å². The van der Waals surface area contributed by atoms with Gasteiger partial charge >= 0.3 is 0 Å². The Morgan fingerprint density at radius 1 is 1.18 bits per heavy atom. The average molecular weight is 397 g/mol. The minimum Gasteiger partial charge on any atom is -0.489 e. The van der Waals surface area contributed by atoms with E-state index in [1.807, 2.05) is 55.5 Å². The van der Waals surface area contributed by atoms with Crippen LogP contribution >= 0.6 is 11.6 Å². The highest BCUT2D eigenvalue weighted by Gasteiger charge is 2.28. The summed E-state index contributed by atoms with van der Waals surface area (Å²) in [5, 5.41) is 7.27. The van der Waals surface area contributed by atoms with Crippen molar-refractivity contribution in [1.29, 1.82) is 0 Å². The van der Waals surface area contributed by atoms with Crippen LogP contribution in [0.15, 0.2) is 48.5 Å². The summed E-state index contributed by atoms with van der Waals surface area (Å²) in [4.78, 5) is 20.4. The van der Waals surface area contributed by atoms with Crippen molar-refractivity contribution in [2.45, 2.75) is 25.9 Å². The molecule has 1 amide bonds. The zero-order valence-electron chi connectivity index (χ0n) is 15.5. The molecule has 4 rings (SSSR count). The summed E-state index contributed by atoms with van der Waals surface area (Å²) in [6.45, 7) is 2.94. The largest absolute Gasteiger partial charge is 0.489 e. The lowest BCUT2D eigenvalue weighted by Crippen LogP contribution is -2.31. The summed E-state index contributed by atoms with van der Waals surface area (Å²) in [6.07, 6.45) is 0.767. The summed E-state index contributed by atoms with van der Waals surface area (Å²) in [5.41, 5.74) is 1.79. The molecule has 144 valence electrons. The number of fused-ring (bicyclic) bond motifs is 1. The molecule has 2 heterocycles. The Bertz CT molecular complexity index is 996. The number of anilines is 1. The summed E-state index contributed by atoms with van der Waals surface area (Å²) < 4.78 is 5.98. The van der Waals surface area contributed by atoms with Crippen molar-refractivity contribution in [2.75, 3.05) is 11.9 Å². The Balaban J connectivity index is 1.55. The van der Waals surface area contributed by atoms with Crippen molar-refractivity contribution in [2.24, 2.45) is 5.92 Å². The van der Waals surface area contributed by atoms with E-state index in [0.29, 0.717) is 30.2 Å². The maximum Gasteiger partial charge on any atom is 0.225 e. The molecule has 6 nitrogen and oxygen atoms in total. The minimum absolute atomic E-state index is 0.00532. The quantitative estimate of drug-likeness (QED) is 0.620. The van der Waals surface area contributed by atoms with Crippen LogP contribution in [0.5, 0.6) is 5.75 Å². The zero-order valence-corrected chi connectivity index (χ0v) is 16.2. The third-order valence-electron chi connectivity index (χ3n) is 4.84. The fourth-order valence-corrected chi connectivity index (χ4v) is 3.54. The Labute approximate surface area is 168 Å².